The van der Waals surface area contributed by atoms with E-state index in [-0.39, 0.29) is 0 Å². The van der Waals surface area contributed by atoms with Gasteiger partial charge in [-0.2, -0.15) is 0 Å². The number of rotatable bonds is 7. The second-order valence-corrected chi connectivity index (χ2v) is 6.53. The first kappa shape index (κ1) is 16.4. The summed E-state index contributed by atoms with van der Waals surface area (Å²) < 4.78 is 11.3. The molecule has 0 unspecified atom stereocenters. The van der Waals surface area contributed by atoms with E-state index in [1.165, 1.54) is 12.8 Å². The number of hydrogen-bond acceptors (Lipinski definition) is 3. The van der Waals surface area contributed by atoms with E-state index in [2.05, 4.69) is 5.32 Å². The molecule has 0 atom stereocenters. The van der Waals surface area contributed by atoms with Crippen LogP contribution in [0.1, 0.15) is 24.0 Å². The van der Waals surface area contributed by atoms with Crippen molar-refractivity contribution in [1.82, 2.24) is 5.32 Å². The van der Waals surface area contributed by atoms with Crippen LogP contribution in [0.25, 0.3) is 0 Å². The van der Waals surface area contributed by atoms with E-state index in [0.29, 0.717) is 34.2 Å². The van der Waals surface area contributed by atoms with Gasteiger partial charge in [-0.3, -0.25) is 0 Å². The van der Waals surface area contributed by atoms with Crippen LogP contribution in [-0.4, -0.2) is 13.2 Å². The molecule has 0 aromatic heterocycles. The summed E-state index contributed by atoms with van der Waals surface area (Å²) in [5.41, 5.74) is 2.07. The summed E-state index contributed by atoms with van der Waals surface area (Å²) in [5.74, 6) is 1.21. The zero-order valence-electron chi connectivity index (χ0n) is 12.9. The molecular formula is C18H19Cl2NO2. The van der Waals surface area contributed by atoms with E-state index < -0.39 is 0 Å². The predicted octanol–water partition coefficient (Wildman–Crippen LogP) is 4.83. The molecule has 1 saturated carbocycles. The lowest BCUT2D eigenvalue weighted by molar-refractivity contribution is 0.284. The Labute approximate surface area is 146 Å². The Kier molecular flexibility index (Phi) is 5.31. The monoisotopic (exact) mass is 351 g/mol. The first-order chi connectivity index (χ1) is 11.2. The topological polar surface area (TPSA) is 30.5 Å². The largest absolute Gasteiger partial charge is 0.493 e. The number of benzene rings is 2. The van der Waals surface area contributed by atoms with Crippen molar-refractivity contribution in [2.45, 2.75) is 32.0 Å². The third kappa shape index (κ3) is 4.54. The molecule has 1 fully saturated rings. The van der Waals surface area contributed by atoms with E-state index in [1.54, 1.807) is 7.11 Å². The van der Waals surface area contributed by atoms with Crippen LogP contribution >= 0.6 is 23.2 Å². The fraction of sp³-hybridized carbons (Fsp3) is 0.333. The maximum atomic E-state index is 6.38. The molecule has 5 heteroatoms. The molecule has 1 N–H and O–H groups in total. The van der Waals surface area contributed by atoms with Crippen LogP contribution < -0.4 is 14.8 Å². The van der Waals surface area contributed by atoms with Crippen LogP contribution in [0.4, 0.5) is 0 Å². The van der Waals surface area contributed by atoms with Gasteiger partial charge in [0, 0.05) is 17.6 Å². The van der Waals surface area contributed by atoms with Gasteiger partial charge in [0.05, 0.1) is 12.1 Å². The number of ether oxygens (including phenoxy) is 2. The van der Waals surface area contributed by atoms with E-state index in [9.17, 15) is 0 Å². The standard InChI is InChI=1S/C18H19Cl2NO2/c1-22-17-9-13(10-21-15-5-6-15)8-16(20)18(17)23-11-12-3-2-4-14(19)7-12/h2-4,7-9,15,21H,5-6,10-11H2,1H3. The minimum atomic E-state index is 0.385. The highest BCUT2D eigenvalue weighted by Gasteiger charge is 2.20. The molecule has 0 aliphatic heterocycles. The highest BCUT2D eigenvalue weighted by atomic mass is 35.5. The molecule has 2 aromatic rings. The van der Waals surface area contributed by atoms with Crippen molar-refractivity contribution in [3.8, 4) is 11.5 Å². The third-order valence-electron chi connectivity index (χ3n) is 3.73. The Morgan fingerprint density at radius 3 is 2.65 bits per heavy atom. The van der Waals surface area contributed by atoms with Gasteiger partial charge < -0.3 is 14.8 Å². The first-order valence-electron chi connectivity index (χ1n) is 7.63. The Hall–Kier alpha value is -1.42. The van der Waals surface area contributed by atoms with Crippen molar-refractivity contribution in [2.24, 2.45) is 0 Å². The molecule has 0 heterocycles. The second-order valence-electron chi connectivity index (χ2n) is 5.68. The van der Waals surface area contributed by atoms with Crippen LogP contribution in [0.2, 0.25) is 10.0 Å². The number of hydrogen-bond donors (Lipinski definition) is 1. The van der Waals surface area contributed by atoms with Crippen LogP contribution in [0.15, 0.2) is 36.4 Å². The van der Waals surface area contributed by atoms with Crippen LogP contribution in [0.5, 0.6) is 11.5 Å². The van der Waals surface area contributed by atoms with Crippen molar-refractivity contribution in [1.29, 1.82) is 0 Å². The molecule has 0 saturated heterocycles. The predicted molar refractivity (Wildman–Crippen MR) is 93.6 cm³/mol. The molecule has 1 aliphatic carbocycles. The van der Waals surface area contributed by atoms with Crippen molar-refractivity contribution < 1.29 is 9.47 Å². The Bertz CT molecular complexity index is 687. The summed E-state index contributed by atoms with van der Waals surface area (Å²) in [5, 5.41) is 4.71. The zero-order chi connectivity index (χ0) is 16.2. The molecule has 0 spiro atoms. The second kappa shape index (κ2) is 7.43. The van der Waals surface area contributed by atoms with Crippen molar-refractivity contribution >= 4 is 23.2 Å². The molecule has 3 nitrogen and oxygen atoms in total. The minimum absolute atomic E-state index is 0.385. The molecule has 0 bridgehead atoms. The van der Waals surface area contributed by atoms with Gasteiger partial charge in [0.25, 0.3) is 0 Å². The molecule has 1 aliphatic rings. The van der Waals surface area contributed by atoms with E-state index in [1.807, 2.05) is 36.4 Å². The minimum Gasteiger partial charge on any atom is -0.493 e. The van der Waals surface area contributed by atoms with Crippen LogP contribution in [-0.2, 0) is 13.2 Å². The molecular weight excluding hydrogens is 333 g/mol. The van der Waals surface area contributed by atoms with Crippen molar-refractivity contribution in [3.05, 3.63) is 57.6 Å². The molecule has 0 amide bonds. The molecule has 3 rings (SSSR count). The summed E-state index contributed by atoms with van der Waals surface area (Å²) in [6.07, 6.45) is 2.51. The highest BCUT2D eigenvalue weighted by Crippen LogP contribution is 2.37. The van der Waals surface area contributed by atoms with Gasteiger partial charge in [-0.1, -0.05) is 35.3 Å². The first-order valence-corrected chi connectivity index (χ1v) is 8.38. The lowest BCUT2D eigenvalue weighted by Gasteiger charge is -2.14. The lowest BCUT2D eigenvalue weighted by atomic mass is 10.2. The molecule has 122 valence electrons. The Morgan fingerprint density at radius 2 is 1.96 bits per heavy atom. The Morgan fingerprint density at radius 1 is 1.13 bits per heavy atom. The summed E-state index contributed by atoms with van der Waals surface area (Å²) in [6, 6.07) is 12.1. The van der Waals surface area contributed by atoms with E-state index >= 15 is 0 Å². The molecule has 23 heavy (non-hydrogen) atoms. The number of nitrogens with one attached hydrogen (secondary N) is 1. The Balaban J connectivity index is 1.72. The van der Waals surface area contributed by atoms with Crippen molar-refractivity contribution in [3.63, 3.8) is 0 Å². The lowest BCUT2D eigenvalue weighted by Crippen LogP contribution is -2.15. The summed E-state index contributed by atoms with van der Waals surface area (Å²) in [6.45, 7) is 1.17. The summed E-state index contributed by atoms with van der Waals surface area (Å²) in [4.78, 5) is 0. The molecule has 0 radical (unpaired) electrons. The molecule has 2 aromatic carbocycles. The average Bonchev–Trinajstić information content (AvgIpc) is 3.35. The quantitative estimate of drug-likeness (QED) is 0.774. The zero-order valence-corrected chi connectivity index (χ0v) is 14.5. The van der Waals surface area contributed by atoms with Gasteiger partial charge in [0.2, 0.25) is 0 Å². The summed E-state index contributed by atoms with van der Waals surface area (Å²) >= 11 is 12.4. The van der Waals surface area contributed by atoms with Gasteiger partial charge in [0.1, 0.15) is 6.61 Å². The average molecular weight is 352 g/mol. The highest BCUT2D eigenvalue weighted by molar-refractivity contribution is 6.32. The van der Waals surface area contributed by atoms with Crippen molar-refractivity contribution in [2.75, 3.05) is 7.11 Å². The maximum Gasteiger partial charge on any atom is 0.180 e. The van der Waals surface area contributed by atoms with Gasteiger partial charge in [-0.15, -0.1) is 0 Å². The summed E-state index contributed by atoms with van der Waals surface area (Å²) in [7, 11) is 1.62. The van der Waals surface area contributed by atoms with Gasteiger partial charge >= 0.3 is 0 Å². The van der Waals surface area contributed by atoms with Crippen LogP contribution in [0, 0.1) is 0 Å². The SMILES string of the molecule is COc1cc(CNC2CC2)cc(Cl)c1OCc1cccc(Cl)c1. The fourth-order valence-electron chi connectivity index (χ4n) is 2.35. The van der Waals surface area contributed by atoms with Gasteiger partial charge in [-0.05, 0) is 48.2 Å². The smallest absolute Gasteiger partial charge is 0.180 e. The van der Waals surface area contributed by atoms with E-state index in [0.717, 1.165) is 17.7 Å². The van der Waals surface area contributed by atoms with E-state index in [4.69, 9.17) is 32.7 Å². The third-order valence-corrected chi connectivity index (χ3v) is 4.25. The number of methoxy groups -OCH3 is 1. The number of halogens is 2. The van der Waals surface area contributed by atoms with Gasteiger partial charge in [0.15, 0.2) is 11.5 Å². The fourth-order valence-corrected chi connectivity index (χ4v) is 2.85. The van der Waals surface area contributed by atoms with Gasteiger partial charge in [-0.25, -0.2) is 0 Å². The van der Waals surface area contributed by atoms with Crippen LogP contribution in [0.3, 0.4) is 0 Å². The maximum absolute atomic E-state index is 6.38. The normalized spacial score (nSPS) is 13.9.